The summed E-state index contributed by atoms with van der Waals surface area (Å²) in [5.74, 6) is 0.895. The van der Waals surface area contributed by atoms with Gasteiger partial charge in [0.25, 0.3) is 0 Å². The van der Waals surface area contributed by atoms with E-state index in [0.29, 0.717) is 6.10 Å². The Morgan fingerprint density at radius 2 is 2.06 bits per heavy atom. The third-order valence-electron chi connectivity index (χ3n) is 4.62. The van der Waals surface area contributed by atoms with Crippen LogP contribution in [0.2, 0.25) is 0 Å². The summed E-state index contributed by atoms with van der Waals surface area (Å²) in [5.41, 5.74) is 0.138. The molecule has 0 aromatic heterocycles. The smallest absolute Gasteiger partial charge is 0.0631 e. The molecule has 3 unspecified atom stereocenters. The standard InChI is InChI=1S/C16H31NO/c1-4-10-17-14-7-5-6-13(11-14)12-15-8-9-16(2,3)18-15/h13-15,17H,4-12H2,1-3H3. The first-order valence-corrected chi connectivity index (χ1v) is 8.00. The van der Waals surface area contributed by atoms with Crippen LogP contribution in [0, 0.1) is 5.92 Å². The lowest BCUT2D eigenvalue weighted by Crippen LogP contribution is -2.35. The highest BCUT2D eigenvalue weighted by atomic mass is 16.5. The first-order valence-electron chi connectivity index (χ1n) is 8.00. The van der Waals surface area contributed by atoms with Gasteiger partial charge in [0.05, 0.1) is 11.7 Å². The van der Waals surface area contributed by atoms with Crippen LogP contribution in [0.4, 0.5) is 0 Å². The zero-order chi connectivity index (χ0) is 13.0. The molecular formula is C16H31NO. The van der Waals surface area contributed by atoms with Crippen LogP contribution in [0.25, 0.3) is 0 Å². The van der Waals surface area contributed by atoms with Crippen LogP contribution in [0.3, 0.4) is 0 Å². The Labute approximate surface area is 113 Å². The summed E-state index contributed by atoms with van der Waals surface area (Å²) in [6.45, 7) is 7.91. The Hall–Kier alpha value is -0.0800. The van der Waals surface area contributed by atoms with E-state index in [9.17, 15) is 0 Å². The molecule has 0 bridgehead atoms. The highest BCUT2D eigenvalue weighted by molar-refractivity contribution is 4.85. The summed E-state index contributed by atoms with van der Waals surface area (Å²) in [4.78, 5) is 0. The zero-order valence-electron chi connectivity index (χ0n) is 12.5. The lowest BCUT2D eigenvalue weighted by Gasteiger charge is -2.31. The van der Waals surface area contributed by atoms with Crippen molar-refractivity contribution in [3.63, 3.8) is 0 Å². The van der Waals surface area contributed by atoms with Gasteiger partial charge in [-0.2, -0.15) is 0 Å². The maximum absolute atomic E-state index is 6.15. The first kappa shape index (κ1) is 14.3. The molecule has 1 aliphatic carbocycles. The molecule has 1 saturated heterocycles. The largest absolute Gasteiger partial charge is 0.372 e. The average molecular weight is 253 g/mol. The van der Waals surface area contributed by atoms with Crippen molar-refractivity contribution in [3.8, 4) is 0 Å². The predicted octanol–water partition coefficient (Wildman–Crippen LogP) is 3.89. The number of hydrogen-bond acceptors (Lipinski definition) is 2. The molecule has 1 aliphatic heterocycles. The Morgan fingerprint density at radius 1 is 1.22 bits per heavy atom. The normalized spacial score (nSPS) is 35.8. The molecular weight excluding hydrogens is 222 g/mol. The van der Waals surface area contributed by atoms with Crippen LogP contribution in [0.5, 0.6) is 0 Å². The van der Waals surface area contributed by atoms with Crippen molar-refractivity contribution in [1.29, 1.82) is 0 Å². The third kappa shape index (κ3) is 4.24. The van der Waals surface area contributed by atoms with Crippen molar-refractivity contribution in [2.24, 2.45) is 5.92 Å². The molecule has 0 amide bonds. The fraction of sp³-hybridized carbons (Fsp3) is 1.00. The molecule has 18 heavy (non-hydrogen) atoms. The summed E-state index contributed by atoms with van der Waals surface area (Å²) in [5, 5.41) is 3.70. The Balaban J connectivity index is 1.72. The molecule has 2 rings (SSSR count). The molecule has 2 fully saturated rings. The van der Waals surface area contributed by atoms with E-state index in [4.69, 9.17) is 4.74 Å². The first-order chi connectivity index (χ1) is 8.59. The highest BCUT2D eigenvalue weighted by Gasteiger charge is 2.34. The van der Waals surface area contributed by atoms with E-state index in [1.54, 1.807) is 0 Å². The second-order valence-electron chi connectivity index (χ2n) is 6.96. The summed E-state index contributed by atoms with van der Waals surface area (Å²) in [6.07, 6.45) is 11.2. The van der Waals surface area contributed by atoms with E-state index in [1.165, 1.54) is 57.9 Å². The molecule has 1 saturated carbocycles. The minimum Gasteiger partial charge on any atom is -0.372 e. The molecule has 0 spiro atoms. The predicted molar refractivity (Wildman–Crippen MR) is 76.8 cm³/mol. The van der Waals surface area contributed by atoms with Crippen molar-refractivity contribution < 1.29 is 4.74 Å². The number of rotatable bonds is 5. The van der Waals surface area contributed by atoms with Crippen LogP contribution in [-0.2, 0) is 4.74 Å². The SMILES string of the molecule is CCCNC1CCCC(CC2CCC(C)(C)O2)C1. The van der Waals surface area contributed by atoms with Gasteiger partial charge in [0.1, 0.15) is 0 Å². The quantitative estimate of drug-likeness (QED) is 0.802. The second kappa shape index (κ2) is 6.38. The van der Waals surface area contributed by atoms with Crippen molar-refractivity contribution in [2.45, 2.75) is 89.9 Å². The van der Waals surface area contributed by atoms with Crippen LogP contribution >= 0.6 is 0 Å². The van der Waals surface area contributed by atoms with E-state index in [1.807, 2.05) is 0 Å². The molecule has 0 aromatic carbocycles. The van der Waals surface area contributed by atoms with E-state index in [0.717, 1.165) is 12.0 Å². The number of hydrogen-bond donors (Lipinski definition) is 1. The maximum atomic E-state index is 6.15. The maximum Gasteiger partial charge on any atom is 0.0631 e. The van der Waals surface area contributed by atoms with E-state index in [2.05, 4.69) is 26.1 Å². The average Bonchev–Trinajstić information content (AvgIpc) is 2.66. The summed E-state index contributed by atoms with van der Waals surface area (Å²) in [6, 6.07) is 0.776. The van der Waals surface area contributed by atoms with Crippen molar-refractivity contribution in [1.82, 2.24) is 5.32 Å². The molecule has 2 aliphatic rings. The summed E-state index contributed by atoms with van der Waals surface area (Å²) >= 11 is 0. The zero-order valence-corrected chi connectivity index (χ0v) is 12.5. The summed E-state index contributed by atoms with van der Waals surface area (Å²) in [7, 11) is 0. The van der Waals surface area contributed by atoms with Crippen molar-refractivity contribution >= 4 is 0 Å². The monoisotopic (exact) mass is 253 g/mol. The van der Waals surface area contributed by atoms with Crippen LogP contribution in [0.1, 0.15) is 72.1 Å². The molecule has 1 N–H and O–H groups in total. The summed E-state index contributed by atoms with van der Waals surface area (Å²) < 4.78 is 6.15. The minimum absolute atomic E-state index is 0.138. The molecule has 1 heterocycles. The second-order valence-corrected chi connectivity index (χ2v) is 6.96. The Bertz CT molecular complexity index is 251. The Kier molecular flexibility index (Phi) is 5.08. The van der Waals surface area contributed by atoms with Gasteiger partial charge in [-0.3, -0.25) is 0 Å². The lowest BCUT2D eigenvalue weighted by molar-refractivity contribution is -0.0271. The van der Waals surface area contributed by atoms with Crippen molar-refractivity contribution in [3.05, 3.63) is 0 Å². The molecule has 0 radical (unpaired) electrons. The minimum atomic E-state index is 0.138. The van der Waals surface area contributed by atoms with Gasteiger partial charge in [0.15, 0.2) is 0 Å². The van der Waals surface area contributed by atoms with Crippen LogP contribution in [0.15, 0.2) is 0 Å². The number of nitrogens with one attached hydrogen (secondary N) is 1. The topological polar surface area (TPSA) is 21.3 Å². The van der Waals surface area contributed by atoms with Gasteiger partial charge >= 0.3 is 0 Å². The lowest BCUT2D eigenvalue weighted by atomic mass is 9.82. The molecule has 2 nitrogen and oxygen atoms in total. The number of ether oxygens (including phenoxy) is 1. The third-order valence-corrected chi connectivity index (χ3v) is 4.62. The van der Waals surface area contributed by atoms with Gasteiger partial charge < -0.3 is 10.1 Å². The van der Waals surface area contributed by atoms with Gasteiger partial charge in [0, 0.05) is 6.04 Å². The fourth-order valence-corrected chi connectivity index (χ4v) is 3.65. The van der Waals surface area contributed by atoms with Gasteiger partial charge in [-0.05, 0) is 64.8 Å². The van der Waals surface area contributed by atoms with E-state index in [-0.39, 0.29) is 5.60 Å². The van der Waals surface area contributed by atoms with Crippen LogP contribution < -0.4 is 5.32 Å². The van der Waals surface area contributed by atoms with Gasteiger partial charge in [0.2, 0.25) is 0 Å². The van der Waals surface area contributed by atoms with Crippen LogP contribution in [-0.4, -0.2) is 24.3 Å². The van der Waals surface area contributed by atoms with Gasteiger partial charge in [-0.15, -0.1) is 0 Å². The van der Waals surface area contributed by atoms with E-state index >= 15 is 0 Å². The Morgan fingerprint density at radius 3 is 2.72 bits per heavy atom. The van der Waals surface area contributed by atoms with Gasteiger partial charge in [-0.25, -0.2) is 0 Å². The fourth-order valence-electron chi connectivity index (χ4n) is 3.65. The molecule has 0 aromatic rings. The van der Waals surface area contributed by atoms with Gasteiger partial charge in [-0.1, -0.05) is 19.8 Å². The van der Waals surface area contributed by atoms with E-state index < -0.39 is 0 Å². The highest BCUT2D eigenvalue weighted by Crippen LogP contribution is 2.36. The van der Waals surface area contributed by atoms with Crippen molar-refractivity contribution in [2.75, 3.05) is 6.54 Å². The molecule has 2 heteroatoms. The molecule has 3 atom stereocenters. The molecule has 106 valence electrons.